The lowest BCUT2D eigenvalue weighted by Gasteiger charge is -2.09. The summed E-state index contributed by atoms with van der Waals surface area (Å²) in [5.41, 5.74) is 8.06. The van der Waals surface area contributed by atoms with Crippen molar-refractivity contribution in [2.75, 3.05) is 16.4 Å². The summed E-state index contributed by atoms with van der Waals surface area (Å²) in [5, 5.41) is 10.3. The van der Waals surface area contributed by atoms with Crippen LogP contribution in [0.3, 0.4) is 0 Å². The molecule has 4 rings (SSSR count). The van der Waals surface area contributed by atoms with Crippen LogP contribution in [0.4, 0.5) is 26.4 Å². The van der Waals surface area contributed by atoms with Crippen molar-refractivity contribution in [3.8, 4) is 0 Å². The highest BCUT2D eigenvalue weighted by Gasteiger charge is 2.15. The van der Waals surface area contributed by atoms with Crippen LogP contribution >= 0.6 is 11.3 Å². The Morgan fingerprint density at radius 2 is 1.81 bits per heavy atom. The molecule has 8 nitrogen and oxygen atoms in total. The highest BCUT2D eigenvalue weighted by molar-refractivity contribution is 7.17. The Kier molecular flexibility index (Phi) is 5.72. The number of benzene rings is 2. The number of fused-ring (bicyclic) bond motifs is 1. The number of carbonyl (C=O) groups is 2. The van der Waals surface area contributed by atoms with Crippen LogP contribution in [0, 0.1) is 5.82 Å². The number of nitrogens with zero attached hydrogens (tertiary/aromatic N) is 2. The molecule has 0 aliphatic carbocycles. The molecular formula is C21H17FN6O2S. The van der Waals surface area contributed by atoms with Crippen LogP contribution in [0.5, 0.6) is 0 Å². The number of urea groups is 1. The maximum absolute atomic E-state index is 13.2. The standard InChI is InChI=1S/C21H17FN6O2S/c22-13-2-1-3-15(8-13)28-21(30)27-14-6-4-12(5-7-14)9-24-19(29)16-10-31-20-17(16)18(23)25-11-26-20/h1-8,10-11H,9H2,(H,24,29)(H2,23,25,26)(H2,27,28,30). The molecule has 0 fully saturated rings. The second-order valence-corrected chi connectivity index (χ2v) is 7.42. The lowest BCUT2D eigenvalue weighted by atomic mass is 10.2. The average molecular weight is 436 g/mol. The number of nitrogen functional groups attached to an aromatic ring is 1. The molecule has 0 saturated carbocycles. The zero-order valence-corrected chi connectivity index (χ0v) is 16.9. The Morgan fingerprint density at radius 1 is 1.03 bits per heavy atom. The van der Waals surface area contributed by atoms with Crippen LogP contribution < -0.4 is 21.7 Å². The highest BCUT2D eigenvalue weighted by atomic mass is 32.1. The molecule has 0 atom stereocenters. The summed E-state index contributed by atoms with van der Waals surface area (Å²) >= 11 is 1.33. The Hall–Kier alpha value is -4.05. The van der Waals surface area contributed by atoms with Crippen LogP contribution in [0.2, 0.25) is 0 Å². The molecule has 0 bridgehead atoms. The van der Waals surface area contributed by atoms with Gasteiger partial charge in [0.1, 0.15) is 22.8 Å². The van der Waals surface area contributed by atoms with Crippen molar-refractivity contribution in [2.45, 2.75) is 6.54 Å². The Balaban J connectivity index is 1.34. The van der Waals surface area contributed by atoms with Crippen molar-refractivity contribution in [1.82, 2.24) is 15.3 Å². The molecule has 2 aromatic carbocycles. The van der Waals surface area contributed by atoms with Gasteiger partial charge in [-0.05, 0) is 35.9 Å². The molecule has 5 N–H and O–H groups in total. The van der Waals surface area contributed by atoms with Crippen molar-refractivity contribution in [2.24, 2.45) is 0 Å². The van der Waals surface area contributed by atoms with E-state index in [1.54, 1.807) is 35.7 Å². The van der Waals surface area contributed by atoms with Gasteiger partial charge >= 0.3 is 6.03 Å². The molecule has 0 radical (unpaired) electrons. The fourth-order valence-corrected chi connectivity index (χ4v) is 3.80. The second kappa shape index (κ2) is 8.76. The van der Waals surface area contributed by atoms with Crippen molar-refractivity contribution in [1.29, 1.82) is 0 Å². The summed E-state index contributed by atoms with van der Waals surface area (Å²) in [5.74, 6) is -0.442. The number of hydrogen-bond acceptors (Lipinski definition) is 6. The molecule has 10 heteroatoms. The van der Waals surface area contributed by atoms with E-state index in [0.29, 0.717) is 33.7 Å². The van der Waals surface area contributed by atoms with Gasteiger partial charge in [0.25, 0.3) is 5.91 Å². The lowest BCUT2D eigenvalue weighted by Crippen LogP contribution is -2.23. The quantitative estimate of drug-likeness (QED) is 0.377. The van der Waals surface area contributed by atoms with Gasteiger partial charge in [-0.2, -0.15) is 0 Å². The van der Waals surface area contributed by atoms with Gasteiger partial charge in [-0.25, -0.2) is 19.2 Å². The number of amides is 3. The maximum Gasteiger partial charge on any atom is 0.323 e. The maximum atomic E-state index is 13.2. The number of nitrogens with one attached hydrogen (secondary N) is 3. The number of halogens is 1. The number of thiophene rings is 1. The Labute approximate surface area is 180 Å². The van der Waals surface area contributed by atoms with Crippen molar-refractivity contribution in [3.63, 3.8) is 0 Å². The number of hydrogen-bond donors (Lipinski definition) is 4. The van der Waals surface area contributed by atoms with Crippen LogP contribution in [0.15, 0.2) is 60.2 Å². The summed E-state index contributed by atoms with van der Waals surface area (Å²) in [6.07, 6.45) is 1.36. The van der Waals surface area contributed by atoms with Gasteiger partial charge in [-0.1, -0.05) is 18.2 Å². The minimum atomic E-state index is -0.490. The molecule has 31 heavy (non-hydrogen) atoms. The van der Waals surface area contributed by atoms with E-state index < -0.39 is 11.8 Å². The summed E-state index contributed by atoms with van der Waals surface area (Å²) < 4.78 is 13.2. The summed E-state index contributed by atoms with van der Waals surface area (Å²) in [4.78, 5) is 33.3. The number of aromatic nitrogens is 2. The van der Waals surface area contributed by atoms with E-state index in [2.05, 4.69) is 25.9 Å². The third kappa shape index (κ3) is 4.75. The van der Waals surface area contributed by atoms with Gasteiger partial charge < -0.3 is 21.7 Å². The molecule has 156 valence electrons. The van der Waals surface area contributed by atoms with E-state index in [0.717, 1.165) is 5.56 Å². The van der Waals surface area contributed by atoms with Gasteiger partial charge in [0, 0.05) is 23.3 Å². The molecule has 4 aromatic rings. The fraction of sp³-hybridized carbons (Fsp3) is 0.0476. The first kappa shape index (κ1) is 20.2. The highest BCUT2D eigenvalue weighted by Crippen LogP contribution is 2.27. The molecule has 2 heterocycles. The Bertz CT molecular complexity index is 1260. The molecule has 0 saturated heterocycles. The summed E-state index contributed by atoms with van der Waals surface area (Å²) in [6, 6.07) is 12.1. The molecule has 3 amide bonds. The zero-order valence-electron chi connectivity index (χ0n) is 16.1. The average Bonchev–Trinajstić information content (AvgIpc) is 3.19. The first-order valence-electron chi connectivity index (χ1n) is 9.18. The predicted molar refractivity (Wildman–Crippen MR) is 118 cm³/mol. The minimum Gasteiger partial charge on any atom is -0.383 e. The summed E-state index contributed by atoms with van der Waals surface area (Å²) in [7, 11) is 0. The third-order valence-corrected chi connectivity index (χ3v) is 5.28. The van der Waals surface area contributed by atoms with Gasteiger partial charge in [0.05, 0.1) is 10.9 Å². The molecule has 0 unspecified atom stereocenters. The van der Waals surface area contributed by atoms with E-state index in [-0.39, 0.29) is 11.7 Å². The first-order chi connectivity index (χ1) is 15.0. The molecule has 2 aromatic heterocycles. The SMILES string of the molecule is Nc1ncnc2scc(C(=O)NCc3ccc(NC(=O)Nc4cccc(F)c4)cc3)c12. The number of rotatable bonds is 5. The third-order valence-electron chi connectivity index (χ3n) is 4.39. The van der Waals surface area contributed by atoms with E-state index >= 15 is 0 Å². The van der Waals surface area contributed by atoms with E-state index in [9.17, 15) is 14.0 Å². The summed E-state index contributed by atoms with van der Waals surface area (Å²) in [6.45, 7) is 0.291. The minimum absolute atomic E-state index is 0.267. The van der Waals surface area contributed by atoms with E-state index in [1.165, 1.54) is 35.9 Å². The monoisotopic (exact) mass is 436 g/mol. The fourth-order valence-electron chi connectivity index (χ4n) is 2.91. The number of carbonyl (C=O) groups excluding carboxylic acids is 2. The van der Waals surface area contributed by atoms with Crippen molar-refractivity contribution < 1.29 is 14.0 Å². The van der Waals surface area contributed by atoms with Crippen molar-refractivity contribution >= 4 is 50.7 Å². The number of anilines is 3. The van der Waals surface area contributed by atoms with Crippen molar-refractivity contribution in [3.05, 3.63) is 77.2 Å². The Morgan fingerprint density at radius 3 is 2.58 bits per heavy atom. The molecule has 0 aliphatic rings. The normalized spacial score (nSPS) is 10.6. The second-order valence-electron chi connectivity index (χ2n) is 6.56. The van der Waals surface area contributed by atoms with Gasteiger partial charge in [0.2, 0.25) is 0 Å². The van der Waals surface area contributed by atoms with Crippen LogP contribution in [0.1, 0.15) is 15.9 Å². The van der Waals surface area contributed by atoms with E-state index in [4.69, 9.17) is 5.73 Å². The largest absolute Gasteiger partial charge is 0.383 e. The van der Waals surface area contributed by atoms with Crippen LogP contribution in [-0.4, -0.2) is 21.9 Å². The van der Waals surface area contributed by atoms with Gasteiger partial charge in [0.15, 0.2) is 0 Å². The predicted octanol–water partition coefficient (Wildman–Crippen LogP) is 3.99. The zero-order chi connectivity index (χ0) is 21.8. The topological polar surface area (TPSA) is 122 Å². The smallest absolute Gasteiger partial charge is 0.323 e. The lowest BCUT2D eigenvalue weighted by molar-refractivity contribution is 0.0953. The van der Waals surface area contributed by atoms with Gasteiger partial charge in [-0.3, -0.25) is 4.79 Å². The van der Waals surface area contributed by atoms with Gasteiger partial charge in [-0.15, -0.1) is 11.3 Å². The van der Waals surface area contributed by atoms with Crippen LogP contribution in [-0.2, 0) is 6.54 Å². The number of nitrogens with two attached hydrogens (primary N) is 1. The first-order valence-corrected chi connectivity index (χ1v) is 10.1. The molecular weight excluding hydrogens is 419 g/mol. The molecule has 0 aliphatic heterocycles. The van der Waals surface area contributed by atoms with E-state index in [1.807, 2.05) is 0 Å². The van der Waals surface area contributed by atoms with Crippen LogP contribution in [0.25, 0.3) is 10.2 Å². The molecule has 0 spiro atoms.